The minimum absolute atomic E-state index is 0.00260. The maximum absolute atomic E-state index is 13.6. The number of esters is 1. The SMILES string of the molecule is CCOC(=O)c1cc(C(O)C(O)CSC(C)=O)ccc1F. The van der Waals surface area contributed by atoms with Crippen LogP contribution in [0, 0.1) is 5.82 Å². The van der Waals surface area contributed by atoms with Crippen molar-refractivity contribution in [3.63, 3.8) is 0 Å². The van der Waals surface area contributed by atoms with Crippen LogP contribution in [0.2, 0.25) is 0 Å². The number of carbonyl (C=O) groups is 2. The van der Waals surface area contributed by atoms with Crippen LogP contribution in [0.25, 0.3) is 0 Å². The summed E-state index contributed by atoms with van der Waals surface area (Å²) < 4.78 is 18.3. The van der Waals surface area contributed by atoms with Crippen molar-refractivity contribution < 1.29 is 28.9 Å². The Kier molecular flexibility index (Phi) is 6.80. The summed E-state index contributed by atoms with van der Waals surface area (Å²) >= 11 is 0.870. The Hall–Kier alpha value is -1.44. The third-order valence-electron chi connectivity index (χ3n) is 2.65. The molecule has 1 rings (SSSR count). The summed E-state index contributed by atoms with van der Waals surface area (Å²) in [4.78, 5) is 22.4. The van der Waals surface area contributed by atoms with Crippen molar-refractivity contribution in [3.8, 4) is 0 Å². The predicted octanol–water partition coefficient (Wildman–Crippen LogP) is 1.68. The second-order valence-corrected chi connectivity index (χ2v) is 5.47. The van der Waals surface area contributed by atoms with E-state index in [0.29, 0.717) is 0 Å². The van der Waals surface area contributed by atoms with E-state index in [2.05, 4.69) is 0 Å². The van der Waals surface area contributed by atoms with Crippen LogP contribution < -0.4 is 0 Å². The van der Waals surface area contributed by atoms with Crippen molar-refractivity contribution in [3.05, 3.63) is 35.1 Å². The number of benzene rings is 1. The second kappa shape index (κ2) is 8.11. The molecule has 0 spiro atoms. The lowest BCUT2D eigenvalue weighted by molar-refractivity contribution is -0.109. The highest BCUT2D eigenvalue weighted by Gasteiger charge is 2.22. The van der Waals surface area contributed by atoms with Crippen LogP contribution in [0.1, 0.15) is 35.9 Å². The van der Waals surface area contributed by atoms with Gasteiger partial charge in [-0.15, -0.1) is 0 Å². The molecule has 0 radical (unpaired) electrons. The maximum Gasteiger partial charge on any atom is 0.341 e. The molecular weight excluding hydrogens is 299 g/mol. The van der Waals surface area contributed by atoms with Gasteiger partial charge in [0.25, 0.3) is 0 Å². The van der Waals surface area contributed by atoms with Gasteiger partial charge in [0.15, 0.2) is 5.12 Å². The normalized spacial score (nSPS) is 13.6. The molecule has 2 atom stereocenters. The molecule has 0 heterocycles. The summed E-state index contributed by atoms with van der Waals surface area (Å²) in [5, 5.41) is 19.6. The minimum atomic E-state index is -1.33. The molecule has 21 heavy (non-hydrogen) atoms. The van der Waals surface area contributed by atoms with Crippen LogP contribution in [0.5, 0.6) is 0 Å². The first-order valence-corrected chi connectivity index (χ1v) is 7.31. The maximum atomic E-state index is 13.6. The molecule has 116 valence electrons. The third kappa shape index (κ3) is 5.11. The monoisotopic (exact) mass is 316 g/mol. The molecule has 1 aromatic carbocycles. The number of hydrogen-bond acceptors (Lipinski definition) is 6. The van der Waals surface area contributed by atoms with Crippen LogP contribution in [-0.4, -0.2) is 39.8 Å². The first-order chi connectivity index (χ1) is 9.86. The summed E-state index contributed by atoms with van der Waals surface area (Å²) in [5.41, 5.74) is -0.129. The fourth-order valence-electron chi connectivity index (χ4n) is 1.61. The van der Waals surface area contributed by atoms with E-state index in [-0.39, 0.29) is 28.6 Å². The zero-order valence-corrected chi connectivity index (χ0v) is 12.5. The van der Waals surface area contributed by atoms with Gasteiger partial charge in [0.1, 0.15) is 11.9 Å². The summed E-state index contributed by atoms with van der Waals surface area (Å²) in [6.07, 6.45) is -2.54. The van der Waals surface area contributed by atoms with Crippen molar-refractivity contribution in [2.24, 2.45) is 0 Å². The van der Waals surface area contributed by atoms with Crippen LogP contribution in [0.4, 0.5) is 4.39 Å². The molecular formula is C14H17FO5S. The number of hydrogen-bond donors (Lipinski definition) is 2. The Balaban J connectivity index is 2.90. The van der Waals surface area contributed by atoms with Gasteiger partial charge in [-0.05, 0) is 24.6 Å². The summed E-state index contributed by atoms with van der Waals surface area (Å²) in [7, 11) is 0. The first kappa shape index (κ1) is 17.6. The molecule has 1 aromatic rings. The van der Waals surface area contributed by atoms with Gasteiger partial charge >= 0.3 is 5.97 Å². The minimum Gasteiger partial charge on any atom is -0.462 e. The van der Waals surface area contributed by atoms with Gasteiger partial charge in [0, 0.05) is 12.7 Å². The number of aliphatic hydroxyl groups excluding tert-OH is 2. The van der Waals surface area contributed by atoms with Crippen molar-refractivity contribution >= 4 is 22.8 Å². The van der Waals surface area contributed by atoms with E-state index in [1.807, 2.05) is 0 Å². The Morgan fingerprint density at radius 3 is 2.62 bits per heavy atom. The topological polar surface area (TPSA) is 83.8 Å². The summed E-state index contributed by atoms with van der Waals surface area (Å²) in [6.45, 7) is 3.04. The van der Waals surface area contributed by atoms with Gasteiger partial charge in [-0.25, -0.2) is 9.18 Å². The van der Waals surface area contributed by atoms with Crippen molar-refractivity contribution in [1.82, 2.24) is 0 Å². The van der Waals surface area contributed by atoms with E-state index in [0.717, 1.165) is 23.9 Å². The van der Waals surface area contributed by atoms with E-state index in [1.165, 1.54) is 13.0 Å². The molecule has 0 fully saturated rings. The summed E-state index contributed by atoms with van der Waals surface area (Å²) in [5.74, 6) is -1.60. The molecule has 0 aliphatic rings. The highest BCUT2D eigenvalue weighted by Crippen LogP contribution is 2.23. The third-order valence-corrected chi connectivity index (χ3v) is 3.56. The van der Waals surface area contributed by atoms with Crippen LogP contribution in [0.3, 0.4) is 0 Å². The number of rotatable bonds is 6. The number of halogens is 1. The average molecular weight is 316 g/mol. The Labute approximate surface area is 126 Å². The van der Waals surface area contributed by atoms with Crippen LogP contribution >= 0.6 is 11.8 Å². The lowest BCUT2D eigenvalue weighted by Crippen LogP contribution is -2.22. The molecule has 0 aromatic heterocycles. The quantitative estimate of drug-likeness (QED) is 0.777. The van der Waals surface area contributed by atoms with Gasteiger partial charge in [-0.3, -0.25) is 4.79 Å². The fraction of sp³-hybridized carbons (Fsp3) is 0.429. The molecule has 2 unspecified atom stereocenters. The summed E-state index contributed by atoms with van der Waals surface area (Å²) in [6, 6.07) is 3.43. The molecule has 5 nitrogen and oxygen atoms in total. The highest BCUT2D eigenvalue weighted by atomic mass is 32.2. The fourth-order valence-corrected chi connectivity index (χ4v) is 2.20. The van der Waals surface area contributed by atoms with Gasteiger partial charge in [-0.2, -0.15) is 0 Å². The Morgan fingerprint density at radius 2 is 2.05 bits per heavy atom. The van der Waals surface area contributed by atoms with Gasteiger partial charge in [-0.1, -0.05) is 17.8 Å². The van der Waals surface area contributed by atoms with E-state index in [4.69, 9.17) is 4.74 Å². The van der Waals surface area contributed by atoms with E-state index < -0.39 is 24.0 Å². The van der Waals surface area contributed by atoms with Crippen molar-refractivity contribution in [2.75, 3.05) is 12.4 Å². The lowest BCUT2D eigenvalue weighted by Gasteiger charge is -2.18. The molecule has 0 amide bonds. The molecule has 0 saturated carbocycles. The molecule has 2 N–H and O–H groups in total. The number of ether oxygens (including phenoxy) is 1. The zero-order valence-electron chi connectivity index (χ0n) is 11.7. The highest BCUT2D eigenvalue weighted by molar-refractivity contribution is 8.13. The number of thioether (sulfide) groups is 1. The smallest absolute Gasteiger partial charge is 0.341 e. The zero-order chi connectivity index (χ0) is 16.0. The first-order valence-electron chi connectivity index (χ1n) is 6.32. The second-order valence-electron chi connectivity index (χ2n) is 4.27. The molecule has 0 bridgehead atoms. The molecule has 0 aliphatic carbocycles. The van der Waals surface area contributed by atoms with Crippen molar-refractivity contribution in [1.29, 1.82) is 0 Å². The molecule has 0 aliphatic heterocycles. The molecule has 7 heteroatoms. The van der Waals surface area contributed by atoms with Gasteiger partial charge in [0.2, 0.25) is 0 Å². The standard InChI is InChI=1S/C14H17FO5S/c1-3-20-14(19)10-6-9(4-5-11(10)15)13(18)12(17)7-21-8(2)16/h4-6,12-13,17-18H,3,7H2,1-2H3. The number of aliphatic hydroxyl groups is 2. The van der Waals surface area contributed by atoms with E-state index >= 15 is 0 Å². The largest absolute Gasteiger partial charge is 0.462 e. The lowest BCUT2D eigenvalue weighted by atomic mass is 10.0. The number of carbonyl (C=O) groups excluding carboxylic acids is 2. The predicted molar refractivity (Wildman–Crippen MR) is 76.5 cm³/mol. The van der Waals surface area contributed by atoms with Crippen LogP contribution in [-0.2, 0) is 9.53 Å². The van der Waals surface area contributed by atoms with Crippen LogP contribution in [0.15, 0.2) is 18.2 Å². The molecule has 0 saturated heterocycles. The van der Waals surface area contributed by atoms with Gasteiger partial charge < -0.3 is 14.9 Å². The van der Waals surface area contributed by atoms with Crippen molar-refractivity contribution in [2.45, 2.75) is 26.1 Å². The van der Waals surface area contributed by atoms with E-state index in [9.17, 15) is 24.2 Å². The average Bonchev–Trinajstić information content (AvgIpc) is 2.44. The van der Waals surface area contributed by atoms with E-state index in [1.54, 1.807) is 6.92 Å². The Morgan fingerprint density at radius 1 is 1.38 bits per heavy atom. The van der Waals surface area contributed by atoms with Gasteiger partial charge in [0.05, 0.1) is 18.3 Å². The Bertz CT molecular complexity index is 520.